The van der Waals surface area contributed by atoms with Crippen molar-refractivity contribution >= 4 is 18.8 Å². The number of benzene rings is 3. The second-order valence-electron chi connectivity index (χ2n) is 4.71. The molecule has 2 nitrogen and oxygen atoms in total. The lowest BCUT2D eigenvalue weighted by atomic mass is 10.3. The van der Waals surface area contributed by atoms with Gasteiger partial charge in [0, 0.05) is 5.30 Å². The fourth-order valence-electron chi connectivity index (χ4n) is 2.19. The molecule has 0 aliphatic rings. The van der Waals surface area contributed by atoms with Crippen molar-refractivity contribution in [2.45, 2.75) is 0 Å². The topological polar surface area (TPSA) is 18.5 Å². The van der Waals surface area contributed by atoms with E-state index in [1.807, 2.05) is 66.7 Å². The minimum absolute atomic E-state index is 0.855. The van der Waals surface area contributed by atoms with Crippen LogP contribution in [0.15, 0.2) is 84.9 Å². The van der Waals surface area contributed by atoms with Gasteiger partial charge in [0.25, 0.3) is 0 Å². The van der Waals surface area contributed by atoms with Crippen LogP contribution >= 0.6 is 8.15 Å². The molecule has 22 heavy (non-hydrogen) atoms. The molecule has 0 saturated heterocycles. The summed E-state index contributed by atoms with van der Waals surface area (Å²) in [5.74, 6) is 1.72. The lowest BCUT2D eigenvalue weighted by Crippen LogP contribution is -2.17. The predicted octanol–water partition coefficient (Wildman–Crippen LogP) is 4.12. The van der Waals surface area contributed by atoms with Crippen LogP contribution in [0.3, 0.4) is 0 Å². The number of rotatable bonds is 5. The first-order chi connectivity index (χ1) is 10.9. The van der Waals surface area contributed by atoms with Gasteiger partial charge in [-0.3, -0.25) is 0 Å². The Balaban J connectivity index is 2.03. The van der Waals surface area contributed by atoms with Gasteiger partial charge in [-0.05, 0) is 24.3 Å². The lowest BCUT2D eigenvalue weighted by molar-refractivity contribution is 0.418. The van der Waals surface area contributed by atoms with Crippen molar-refractivity contribution in [3.63, 3.8) is 0 Å². The summed E-state index contributed by atoms with van der Waals surface area (Å²) >= 11 is 0. The summed E-state index contributed by atoms with van der Waals surface area (Å²) in [4.78, 5) is 0. The van der Waals surface area contributed by atoms with Gasteiger partial charge in [0.1, 0.15) is 11.5 Å². The van der Waals surface area contributed by atoms with Crippen molar-refractivity contribution in [1.82, 2.24) is 0 Å². The summed E-state index contributed by atoms with van der Waals surface area (Å²) in [5, 5.41) is 2.24. The van der Waals surface area contributed by atoms with E-state index in [0.29, 0.717) is 0 Å². The van der Waals surface area contributed by atoms with Gasteiger partial charge < -0.3 is 9.26 Å². The maximum absolute atomic E-state index is 6.31. The minimum atomic E-state index is -0.979. The molecule has 0 amide bonds. The molecule has 110 valence electrons. The van der Waals surface area contributed by atoms with Gasteiger partial charge in [-0.1, -0.05) is 60.7 Å². The molecule has 1 unspecified atom stereocenters. The molecule has 3 aromatic rings. The minimum Gasteiger partial charge on any atom is -0.496 e. The van der Waals surface area contributed by atoms with Gasteiger partial charge in [-0.15, -0.1) is 0 Å². The molecule has 0 saturated carbocycles. The highest BCUT2D eigenvalue weighted by Gasteiger charge is 2.20. The molecule has 0 aromatic heterocycles. The Morgan fingerprint density at radius 1 is 0.682 bits per heavy atom. The monoisotopic (exact) mass is 308 g/mol. The fraction of sp³-hybridized carbons (Fsp3) is 0.0526. The molecule has 1 atom stereocenters. The molecule has 0 heterocycles. The SMILES string of the molecule is COc1ccccc1P(Oc1ccccc1)c1ccccc1. The first-order valence-corrected chi connectivity index (χ1v) is 8.35. The first kappa shape index (κ1) is 14.6. The van der Waals surface area contributed by atoms with Crippen molar-refractivity contribution in [3.8, 4) is 11.5 Å². The number of hydrogen-bond donors (Lipinski definition) is 0. The van der Waals surface area contributed by atoms with Gasteiger partial charge in [0.2, 0.25) is 0 Å². The van der Waals surface area contributed by atoms with Crippen LogP contribution < -0.4 is 19.9 Å². The average molecular weight is 308 g/mol. The summed E-state index contributed by atoms with van der Waals surface area (Å²) < 4.78 is 11.8. The van der Waals surface area contributed by atoms with E-state index in [1.165, 1.54) is 0 Å². The van der Waals surface area contributed by atoms with E-state index in [0.717, 1.165) is 22.1 Å². The molecule has 0 bridgehead atoms. The van der Waals surface area contributed by atoms with Crippen LogP contribution in [0.2, 0.25) is 0 Å². The molecule has 0 N–H and O–H groups in total. The van der Waals surface area contributed by atoms with Crippen LogP contribution in [0.4, 0.5) is 0 Å². The summed E-state index contributed by atoms with van der Waals surface area (Å²) in [6.07, 6.45) is 0. The number of para-hydroxylation sites is 2. The maximum Gasteiger partial charge on any atom is 0.154 e. The Kier molecular flexibility index (Phi) is 4.72. The quantitative estimate of drug-likeness (QED) is 0.660. The second-order valence-corrected chi connectivity index (χ2v) is 6.48. The van der Waals surface area contributed by atoms with Gasteiger partial charge in [0.15, 0.2) is 8.15 Å². The molecule has 0 radical (unpaired) electrons. The van der Waals surface area contributed by atoms with Gasteiger partial charge in [-0.2, -0.15) is 0 Å². The largest absolute Gasteiger partial charge is 0.496 e. The Labute approximate surface area is 132 Å². The van der Waals surface area contributed by atoms with Crippen LogP contribution in [0.5, 0.6) is 11.5 Å². The molecule has 3 aromatic carbocycles. The van der Waals surface area contributed by atoms with E-state index in [1.54, 1.807) is 7.11 Å². The average Bonchev–Trinajstić information content (AvgIpc) is 2.61. The second kappa shape index (κ2) is 7.11. The Bertz CT molecular complexity index is 714. The highest BCUT2D eigenvalue weighted by atomic mass is 31.1. The zero-order valence-corrected chi connectivity index (χ0v) is 13.2. The van der Waals surface area contributed by atoms with Gasteiger partial charge in [-0.25, -0.2) is 0 Å². The van der Waals surface area contributed by atoms with Gasteiger partial charge >= 0.3 is 0 Å². The molecule has 0 aliphatic heterocycles. The standard InChI is InChI=1S/C19H17O2P/c1-20-18-14-8-9-15-19(18)22(17-12-6-3-7-13-17)21-16-10-4-2-5-11-16/h2-15H,1H3. The van der Waals surface area contributed by atoms with Crippen LogP contribution in [0.25, 0.3) is 0 Å². The highest BCUT2D eigenvalue weighted by Crippen LogP contribution is 2.39. The molecular formula is C19H17O2P. The third kappa shape index (κ3) is 3.29. The van der Waals surface area contributed by atoms with E-state index in [-0.39, 0.29) is 0 Å². The Morgan fingerprint density at radius 2 is 1.27 bits per heavy atom. The van der Waals surface area contributed by atoms with Crippen molar-refractivity contribution in [2.24, 2.45) is 0 Å². The number of hydrogen-bond acceptors (Lipinski definition) is 2. The summed E-state index contributed by atoms with van der Waals surface area (Å²) in [7, 11) is 0.716. The van der Waals surface area contributed by atoms with E-state index in [9.17, 15) is 0 Å². The summed E-state index contributed by atoms with van der Waals surface area (Å²) in [5.41, 5.74) is 0. The maximum atomic E-state index is 6.31. The van der Waals surface area contributed by atoms with Crippen molar-refractivity contribution < 1.29 is 9.26 Å². The van der Waals surface area contributed by atoms with E-state index in [2.05, 4.69) is 18.2 Å². The highest BCUT2D eigenvalue weighted by molar-refractivity contribution is 7.69. The third-order valence-electron chi connectivity index (χ3n) is 3.23. The van der Waals surface area contributed by atoms with Crippen LogP contribution in [-0.4, -0.2) is 7.11 Å². The van der Waals surface area contributed by atoms with Crippen LogP contribution in [0, 0.1) is 0 Å². The van der Waals surface area contributed by atoms with E-state index >= 15 is 0 Å². The Morgan fingerprint density at radius 3 is 1.95 bits per heavy atom. The molecule has 3 rings (SSSR count). The van der Waals surface area contributed by atoms with Crippen molar-refractivity contribution in [3.05, 3.63) is 84.9 Å². The first-order valence-electron chi connectivity index (χ1n) is 7.10. The molecule has 3 heteroatoms. The molecule has 0 spiro atoms. The zero-order valence-electron chi connectivity index (χ0n) is 12.3. The summed E-state index contributed by atoms with van der Waals surface area (Å²) in [6, 6.07) is 28.2. The van der Waals surface area contributed by atoms with Gasteiger partial charge in [0.05, 0.1) is 12.4 Å². The zero-order chi connectivity index (χ0) is 15.2. The molecule has 0 aliphatic carbocycles. The van der Waals surface area contributed by atoms with Crippen molar-refractivity contribution in [2.75, 3.05) is 7.11 Å². The summed E-state index contributed by atoms with van der Waals surface area (Å²) in [6.45, 7) is 0. The predicted molar refractivity (Wildman–Crippen MR) is 92.7 cm³/mol. The molecule has 0 fully saturated rings. The normalized spacial score (nSPS) is 11.7. The molecular weight excluding hydrogens is 291 g/mol. The smallest absolute Gasteiger partial charge is 0.154 e. The Hall–Kier alpha value is -2.31. The van der Waals surface area contributed by atoms with Crippen molar-refractivity contribution in [1.29, 1.82) is 0 Å². The van der Waals surface area contributed by atoms with Crippen LogP contribution in [-0.2, 0) is 0 Å². The lowest BCUT2D eigenvalue weighted by Gasteiger charge is -2.21. The number of ether oxygens (including phenoxy) is 1. The fourth-order valence-corrected chi connectivity index (χ4v) is 4.03. The van der Waals surface area contributed by atoms with E-state index < -0.39 is 8.15 Å². The van der Waals surface area contributed by atoms with E-state index in [4.69, 9.17) is 9.26 Å². The van der Waals surface area contributed by atoms with Crippen LogP contribution in [0.1, 0.15) is 0 Å². The number of methoxy groups -OCH3 is 1. The third-order valence-corrected chi connectivity index (χ3v) is 5.20.